The first-order chi connectivity index (χ1) is 4.81. The Labute approximate surface area is 62.5 Å². The van der Waals surface area contributed by atoms with Crippen LogP contribution < -0.4 is 0 Å². The van der Waals surface area contributed by atoms with E-state index < -0.39 is 0 Å². The minimum absolute atomic E-state index is 0.820. The molecule has 54 valence electrons. The average molecular weight is 135 g/mol. The van der Waals surface area contributed by atoms with Crippen LogP contribution in [0.5, 0.6) is 0 Å². The van der Waals surface area contributed by atoms with Crippen molar-refractivity contribution in [1.82, 2.24) is 0 Å². The molecule has 0 aromatic rings. The fraction of sp³-hybridized carbons (Fsp3) is 0.222. The minimum atomic E-state index is 0.820. The lowest BCUT2D eigenvalue weighted by molar-refractivity contribution is 1.35. The molecule has 0 spiro atoms. The zero-order chi connectivity index (χ0) is 7.82. The number of hydrogen-bond donors (Lipinski definition) is 0. The second kappa shape index (κ2) is 6.02. The molecule has 0 aromatic heterocycles. The summed E-state index contributed by atoms with van der Waals surface area (Å²) in [5.74, 6) is 0. The van der Waals surface area contributed by atoms with Gasteiger partial charge in [-0.05, 0) is 5.57 Å². The summed E-state index contributed by atoms with van der Waals surface area (Å²) in [6, 6.07) is 0. The van der Waals surface area contributed by atoms with Crippen molar-refractivity contribution in [3.8, 4) is 0 Å². The first kappa shape index (κ1) is 8.89. The van der Waals surface area contributed by atoms with E-state index in [1.165, 1.54) is 0 Å². The molecule has 0 bridgehead atoms. The van der Waals surface area contributed by atoms with E-state index >= 15 is 0 Å². The summed E-state index contributed by atoms with van der Waals surface area (Å²) >= 11 is 0. The second-order valence-electron chi connectivity index (χ2n) is 1.90. The molecule has 0 N–H and O–H groups in total. The number of hydrogen-bond acceptors (Lipinski definition) is 1. The van der Waals surface area contributed by atoms with E-state index in [2.05, 4.69) is 18.2 Å². The maximum absolute atomic E-state index is 3.84. The topological polar surface area (TPSA) is 12.4 Å². The molecule has 0 saturated carbocycles. The van der Waals surface area contributed by atoms with Crippen molar-refractivity contribution in [2.75, 3.05) is 7.05 Å². The third kappa shape index (κ3) is 5.04. The zero-order valence-electron chi connectivity index (χ0n) is 6.38. The quantitative estimate of drug-likeness (QED) is 0.414. The highest BCUT2D eigenvalue weighted by molar-refractivity contribution is 5.61. The van der Waals surface area contributed by atoms with Crippen LogP contribution in [0.1, 0.15) is 6.42 Å². The summed E-state index contributed by atoms with van der Waals surface area (Å²) in [6.45, 7) is 7.36. The third-order valence-corrected chi connectivity index (χ3v) is 1.00. The van der Waals surface area contributed by atoms with Crippen molar-refractivity contribution in [2.24, 2.45) is 4.99 Å². The molecule has 0 aliphatic carbocycles. The fourth-order valence-electron chi connectivity index (χ4n) is 0.481. The summed E-state index contributed by atoms with van der Waals surface area (Å²) < 4.78 is 0. The van der Waals surface area contributed by atoms with E-state index in [9.17, 15) is 0 Å². The van der Waals surface area contributed by atoms with Gasteiger partial charge in [0.2, 0.25) is 0 Å². The van der Waals surface area contributed by atoms with Gasteiger partial charge < -0.3 is 4.99 Å². The van der Waals surface area contributed by atoms with Gasteiger partial charge in [-0.3, -0.25) is 0 Å². The minimum Gasteiger partial charge on any atom is -0.301 e. The Morgan fingerprint density at radius 2 is 2.30 bits per heavy atom. The Kier molecular flexibility index (Phi) is 5.35. The Hall–Kier alpha value is -1.11. The van der Waals surface area contributed by atoms with Gasteiger partial charge in [0.05, 0.1) is 0 Å². The van der Waals surface area contributed by atoms with Gasteiger partial charge in [0.25, 0.3) is 0 Å². The van der Waals surface area contributed by atoms with E-state index in [4.69, 9.17) is 0 Å². The van der Waals surface area contributed by atoms with E-state index in [-0.39, 0.29) is 0 Å². The molecule has 0 rings (SSSR count). The lowest BCUT2D eigenvalue weighted by Crippen LogP contribution is -1.76. The first-order valence-electron chi connectivity index (χ1n) is 3.18. The van der Waals surface area contributed by atoms with Crippen molar-refractivity contribution in [3.05, 3.63) is 37.0 Å². The maximum atomic E-state index is 3.84. The van der Waals surface area contributed by atoms with Crippen molar-refractivity contribution < 1.29 is 0 Å². The van der Waals surface area contributed by atoms with Crippen molar-refractivity contribution in [1.29, 1.82) is 0 Å². The smallest absolute Gasteiger partial charge is 0.0273 e. The van der Waals surface area contributed by atoms with Crippen LogP contribution in [-0.2, 0) is 0 Å². The van der Waals surface area contributed by atoms with Crippen LogP contribution in [-0.4, -0.2) is 13.3 Å². The van der Waals surface area contributed by atoms with Crippen LogP contribution in [0.15, 0.2) is 42.0 Å². The monoisotopic (exact) mass is 135 g/mol. The Bertz CT molecular complexity index is 164. The van der Waals surface area contributed by atoms with Gasteiger partial charge in [-0.15, -0.1) is 0 Å². The Morgan fingerprint density at radius 1 is 1.60 bits per heavy atom. The first-order valence-corrected chi connectivity index (χ1v) is 3.18. The zero-order valence-corrected chi connectivity index (χ0v) is 6.38. The van der Waals surface area contributed by atoms with E-state index in [0.717, 1.165) is 12.0 Å². The molecular formula is C9H13N. The van der Waals surface area contributed by atoms with Crippen LogP contribution in [0, 0.1) is 0 Å². The molecule has 0 radical (unpaired) electrons. The maximum Gasteiger partial charge on any atom is 0.0273 e. The molecule has 0 atom stereocenters. The summed E-state index contributed by atoms with van der Waals surface area (Å²) in [6.07, 6.45) is 8.17. The third-order valence-electron chi connectivity index (χ3n) is 1.00. The highest BCUT2D eigenvalue weighted by Gasteiger charge is 1.80. The van der Waals surface area contributed by atoms with Crippen LogP contribution in [0.4, 0.5) is 0 Å². The molecule has 1 nitrogen and oxygen atoms in total. The molecule has 1 heteroatoms. The molecule has 0 aliphatic rings. The molecular weight excluding hydrogens is 122 g/mol. The van der Waals surface area contributed by atoms with Gasteiger partial charge in [-0.25, -0.2) is 0 Å². The van der Waals surface area contributed by atoms with Crippen LogP contribution in [0.2, 0.25) is 0 Å². The van der Waals surface area contributed by atoms with Gasteiger partial charge in [0.15, 0.2) is 0 Å². The molecule has 0 heterocycles. The summed E-state index contributed by atoms with van der Waals surface area (Å²) in [4.78, 5) is 3.84. The second-order valence-corrected chi connectivity index (χ2v) is 1.90. The molecule has 0 aromatic carbocycles. The van der Waals surface area contributed by atoms with Crippen LogP contribution in [0.3, 0.4) is 0 Å². The van der Waals surface area contributed by atoms with Crippen LogP contribution >= 0.6 is 0 Å². The van der Waals surface area contributed by atoms with E-state index in [1.807, 2.05) is 18.4 Å². The Balaban J connectivity index is 3.63. The summed E-state index contributed by atoms with van der Waals surface area (Å²) in [5, 5.41) is 0. The number of aliphatic imine (C=N–C) groups is 1. The van der Waals surface area contributed by atoms with Crippen molar-refractivity contribution in [2.45, 2.75) is 6.42 Å². The molecule has 10 heavy (non-hydrogen) atoms. The highest BCUT2D eigenvalue weighted by Crippen LogP contribution is 1.96. The molecule has 0 aliphatic heterocycles. The van der Waals surface area contributed by atoms with Gasteiger partial charge in [0, 0.05) is 19.7 Å². The molecule has 0 saturated heterocycles. The number of rotatable bonds is 4. The predicted molar refractivity (Wildman–Crippen MR) is 47.5 cm³/mol. The molecule has 0 amide bonds. The largest absolute Gasteiger partial charge is 0.301 e. The normalized spacial score (nSPS) is 10.9. The average Bonchev–Trinajstić information content (AvgIpc) is 1.97. The van der Waals surface area contributed by atoms with Crippen molar-refractivity contribution in [3.63, 3.8) is 0 Å². The van der Waals surface area contributed by atoms with Gasteiger partial charge in [0.1, 0.15) is 0 Å². The molecule has 0 unspecified atom stereocenters. The van der Waals surface area contributed by atoms with Gasteiger partial charge >= 0.3 is 0 Å². The Morgan fingerprint density at radius 3 is 2.80 bits per heavy atom. The van der Waals surface area contributed by atoms with Crippen LogP contribution in [0.25, 0.3) is 0 Å². The van der Waals surface area contributed by atoms with Gasteiger partial charge in [-0.2, -0.15) is 0 Å². The summed E-state index contributed by atoms with van der Waals surface area (Å²) in [5.41, 5.74) is 1.05. The molecule has 0 fully saturated rings. The lowest BCUT2D eigenvalue weighted by Gasteiger charge is -1.88. The SMILES string of the molecule is C=C/C=C\C(=C)CC=NC. The standard InChI is InChI=1S/C9H13N/c1-4-5-6-9(2)7-8-10-3/h4-6,8H,1-2,7H2,3H3/b6-5-,10-8?. The van der Waals surface area contributed by atoms with Gasteiger partial charge in [-0.1, -0.05) is 31.4 Å². The van der Waals surface area contributed by atoms with E-state index in [0.29, 0.717) is 0 Å². The lowest BCUT2D eigenvalue weighted by atomic mass is 10.2. The fourth-order valence-corrected chi connectivity index (χ4v) is 0.481. The predicted octanol–water partition coefficient (Wildman–Crippen LogP) is 2.38. The highest BCUT2D eigenvalue weighted by atomic mass is 14.6. The van der Waals surface area contributed by atoms with E-state index in [1.54, 1.807) is 13.1 Å². The number of nitrogens with zero attached hydrogens (tertiary/aromatic N) is 1. The summed E-state index contributed by atoms with van der Waals surface area (Å²) in [7, 11) is 1.75. The number of allylic oxidation sites excluding steroid dienone is 4. The van der Waals surface area contributed by atoms with Crippen molar-refractivity contribution >= 4 is 6.21 Å².